The fourth-order valence-corrected chi connectivity index (χ4v) is 3.35. The van der Waals surface area contributed by atoms with Gasteiger partial charge in [-0.3, -0.25) is 0 Å². The summed E-state index contributed by atoms with van der Waals surface area (Å²) in [5.74, 6) is -0.289. The third kappa shape index (κ3) is 1.19. The molecule has 0 spiro atoms. The maximum Gasteiger partial charge on any atom is 0.346 e. The van der Waals surface area contributed by atoms with E-state index in [1.807, 2.05) is 40.7 Å². The van der Waals surface area contributed by atoms with Crippen molar-refractivity contribution in [3.05, 3.63) is 34.1 Å². The van der Waals surface area contributed by atoms with Crippen LogP contribution >= 0.6 is 0 Å². The summed E-state index contributed by atoms with van der Waals surface area (Å²) in [6.07, 6.45) is 1.94. The van der Waals surface area contributed by atoms with Crippen molar-refractivity contribution in [3.63, 3.8) is 0 Å². The highest BCUT2D eigenvalue weighted by atomic mass is 16.6. The molecule has 4 nitrogen and oxygen atoms in total. The van der Waals surface area contributed by atoms with E-state index in [-0.39, 0.29) is 0 Å². The van der Waals surface area contributed by atoms with Gasteiger partial charge in [-0.15, -0.1) is 0 Å². The summed E-state index contributed by atoms with van der Waals surface area (Å²) in [4.78, 5) is 23.9. The molecule has 0 radical (unpaired) electrons. The quantitative estimate of drug-likeness (QED) is 0.496. The molecule has 0 aromatic carbocycles. The number of allylic oxidation sites excluding steroid dienone is 1. The third-order valence-corrected chi connectivity index (χ3v) is 4.67. The van der Waals surface area contributed by atoms with E-state index in [0.29, 0.717) is 11.1 Å². The molecule has 0 saturated heterocycles. The first kappa shape index (κ1) is 12.2. The topological polar surface area (TPSA) is 52.6 Å². The number of hydrogen-bond acceptors (Lipinski definition) is 4. The predicted octanol–water partition coefficient (Wildman–Crippen LogP) is 2.42. The van der Waals surface area contributed by atoms with Gasteiger partial charge in [0, 0.05) is 11.0 Å². The summed E-state index contributed by atoms with van der Waals surface area (Å²) in [6.45, 7) is 9.52. The molecule has 0 amide bonds. The molecular weight excluding hydrogens is 244 g/mol. The van der Waals surface area contributed by atoms with E-state index >= 15 is 0 Å². The van der Waals surface area contributed by atoms with Crippen LogP contribution in [0.1, 0.15) is 34.6 Å². The largest absolute Gasteiger partial charge is 0.487 e. The van der Waals surface area contributed by atoms with Gasteiger partial charge < -0.3 is 9.47 Å². The molecule has 0 saturated carbocycles. The Kier molecular flexibility index (Phi) is 2.04. The first-order valence-electron chi connectivity index (χ1n) is 6.30. The van der Waals surface area contributed by atoms with Crippen LogP contribution in [0.4, 0.5) is 0 Å². The van der Waals surface area contributed by atoms with Gasteiger partial charge in [0.2, 0.25) is 0 Å². The van der Waals surface area contributed by atoms with Crippen LogP contribution < -0.4 is 0 Å². The van der Waals surface area contributed by atoms with Crippen LogP contribution in [0, 0.1) is 5.41 Å². The second-order valence-electron chi connectivity index (χ2n) is 5.98. The van der Waals surface area contributed by atoms with Gasteiger partial charge in [-0.05, 0) is 32.4 Å². The molecule has 0 fully saturated rings. The zero-order chi connectivity index (χ0) is 14.2. The number of carbonyl (C=O) groups excluding carboxylic acids is 2. The highest BCUT2D eigenvalue weighted by Gasteiger charge is 2.59. The van der Waals surface area contributed by atoms with Gasteiger partial charge in [0.25, 0.3) is 0 Å². The number of carbonyl (C=O) groups is 2. The lowest BCUT2D eigenvalue weighted by Gasteiger charge is -2.45. The van der Waals surface area contributed by atoms with E-state index in [1.54, 1.807) is 0 Å². The molecule has 19 heavy (non-hydrogen) atoms. The fourth-order valence-electron chi connectivity index (χ4n) is 3.35. The average molecular weight is 260 g/mol. The summed E-state index contributed by atoms with van der Waals surface area (Å²) < 4.78 is 10.8. The Labute approximate surface area is 111 Å². The minimum absolute atomic E-state index is 0.414. The number of fused-ring (bicyclic) bond motifs is 1. The molecule has 3 aliphatic rings. The van der Waals surface area contributed by atoms with Crippen LogP contribution in [-0.2, 0) is 19.1 Å². The van der Waals surface area contributed by atoms with Crippen molar-refractivity contribution in [2.24, 2.45) is 5.41 Å². The predicted molar refractivity (Wildman–Crippen MR) is 67.9 cm³/mol. The molecule has 100 valence electrons. The Morgan fingerprint density at radius 2 is 1.68 bits per heavy atom. The lowest BCUT2D eigenvalue weighted by atomic mass is 9.61. The smallest absolute Gasteiger partial charge is 0.346 e. The van der Waals surface area contributed by atoms with Crippen LogP contribution in [-0.4, -0.2) is 17.5 Å². The molecule has 2 aliphatic heterocycles. The first-order valence-corrected chi connectivity index (χ1v) is 6.30. The zero-order valence-electron chi connectivity index (χ0n) is 11.7. The minimum Gasteiger partial charge on any atom is -0.487 e. The van der Waals surface area contributed by atoms with Crippen molar-refractivity contribution in [1.29, 1.82) is 0 Å². The number of ether oxygens (including phenoxy) is 2. The van der Waals surface area contributed by atoms with Crippen molar-refractivity contribution in [2.75, 3.05) is 0 Å². The summed E-state index contributed by atoms with van der Waals surface area (Å²) in [5.41, 5.74) is 1.34. The van der Waals surface area contributed by atoms with Crippen LogP contribution in [0.3, 0.4) is 0 Å². The van der Waals surface area contributed by atoms with Crippen LogP contribution in [0.15, 0.2) is 34.1 Å². The summed E-state index contributed by atoms with van der Waals surface area (Å²) in [6, 6.07) is 0. The van der Waals surface area contributed by atoms with E-state index in [9.17, 15) is 9.59 Å². The summed E-state index contributed by atoms with van der Waals surface area (Å²) in [7, 11) is 0. The molecule has 0 N–H and O–H groups in total. The van der Waals surface area contributed by atoms with Gasteiger partial charge in [-0.2, -0.15) is 0 Å². The average Bonchev–Trinajstić information content (AvgIpc) is 2.75. The highest BCUT2D eigenvalue weighted by Crippen LogP contribution is 2.57. The van der Waals surface area contributed by atoms with Gasteiger partial charge in [0.15, 0.2) is 0 Å². The maximum atomic E-state index is 12.0. The Morgan fingerprint density at radius 1 is 1.05 bits per heavy atom. The Bertz CT molecular complexity index is 631. The van der Waals surface area contributed by atoms with E-state index in [0.717, 1.165) is 16.9 Å². The summed E-state index contributed by atoms with van der Waals surface area (Å²) in [5, 5.41) is 0. The van der Waals surface area contributed by atoms with E-state index in [1.165, 1.54) is 0 Å². The molecule has 1 atom stereocenters. The van der Waals surface area contributed by atoms with E-state index in [2.05, 4.69) is 0 Å². The van der Waals surface area contributed by atoms with E-state index < -0.39 is 23.0 Å². The second kappa shape index (κ2) is 3.18. The number of rotatable bonds is 0. The SMILES string of the molecule is CC1=CC2=C(C)C3=C(C(=O)OC3=O)C(C)(C)C2(C)O1. The van der Waals surface area contributed by atoms with Crippen molar-refractivity contribution in [2.45, 2.75) is 40.2 Å². The molecule has 1 aliphatic carbocycles. The summed E-state index contributed by atoms with van der Waals surface area (Å²) >= 11 is 0. The third-order valence-electron chi connectivity index (χ3n) is 4.67. The van der Waals surface area contributed by atoms with Gasteiger partial charge in [0.05, 0.1) is 16.9 Å². The lowest BCUT2D eigenvalue weighted by Crippen LogP contribution is -2.48. The van der Waals surface area contributed by atoms with Crippen molar-refractivity contribution in [1.82, 2.24) is 0 Å². The molecule has 3 rings (SSSR count). The Hall–Kier alpha value is -1.84. The lowest BCUT2D eigenvalue weighted by molar-refractivity contribution is -0.152. The second-order valence-corrected chi connectivity index (χ2v) is 5.98. The van der Waals surface area contributed by atoms with Crippen molar-refractivity contribution in [3.8, 4) is 0 Å². The van der Waals surface area contributed by atoms with Crippen molar-refractivity contribution < 1.29 is 19.1 Å². The van der Waals surface area contributed by atoms with Gasteiger partial charge in [-0.25, -0.2) is 9.59 Å². The molecule has 0 aromatic heterocycles. The molecule has 1 unspecified atom stereocenters. The van der Waals surface area contributed by atoms with Gasteiger partial charge >= 0.3 is 11.9 Å². The molecule has 0 bridgehead atoms. The Balaban J connectivity index is 2.36. The molecular formula is C15H16O4. The van der Waals surface area contributed by atoms with E-state index in [4.69, 9.17) is 9.47 Å². The Morgan fingerprint density at radius 3 is 2.32 bits per heavy atom. The van der Waals surface area contributed by atoms with Gasteiger partial charge in [0.1, 0.15) is 5.60 Å². The van der Waals surface area contributed by atoms with Gasteiger partial charge in [-0.1, -0.05) is 13.8 Å². The molecule has 0 aromatic rings. The van der Waals surface area contributed by atoms with Crippen LogP contribution in [0.5, 0.6) is 0 Å². The number of hydrogen-bond donors (Lipinski definition) is 0. The monoisotopic (exact) mass is 260 g/mol. The van der Waals surface area contributed by atoms with Crippen molar-refractivity contribution >= 4 is 11.9 Å². The minimum atomic E-state index is -0.635. The number of cyclic esters (lactones) is 2. The zero-order valence-corrected chi connectivity index (χ0v) is 11.7. The highest BCUT2D eigenvalue weighted by molar-refractivity contribution is 6.16. The molecule has 4 heteroatoms. The molecule has 2 heterocycles. The number of esters is 2. The fraction of sp³-hybridized carbons (Fsp3) is 0.467. The standard InChI is InChI=1S/C15H16O4/c1-7-6-9-8(2)10-11(13(17)18-12(10)16)14(3,4)15(9,5)19-7/h6H,1-5H3. The maximum absolute atomic E-state index is 12.0. The van der Waals surface area contributed by atoms with Crippen LogP contribution in [0.2, 0.25) is 0 Å². The first-order chi connectivity index (χ1) is 8.70. The van der Waals surface area contributed by atoms with Crippen LogP contribution in [0.25, 0.3) is 0 Å². The normalized spacial score (nSPS) is 31.9.